The lowest BCUT2D eigenvalue weighted by Gasteiger charge is -2.22. The molecule has 404 valence electrons. The quantitative estimate of drug-likeness (QED) is 0.0321. The second-order valence-electron chi connectivity index (χ2n) is 21.4. The van der Waals surface area contributed by atoms with E-state index in [0.29, 0.717) is 25.9 Å². The van der Waals surface area contributed by atoms with Gasteiger partial charge in [-0.05, 0) is 51.4 Å². The molecule has 0 spiro atoms. The van der Waals surface area contributed by atoms with Crippen LogP contribution in [0.4, 0.5) is 0 Å². The van der Waals surface area contributed by atoms with Crippen LogP contribution in [0.1, 0.15) is 348 Å². The molecule has 0 heterocycles. The lowest BCUT2D eigenvalue weighted by atomic mass is 10.0. The molecule has 0 aromatic rings. The molecule has 0 fully saturated rings. The highest BCUT2D eigenvalue weighted by Gasteiger charge is 2.20. The van der Waals surface area contributed by atoms with Crippen LogP contribution in [0.15, 0.2) is 12.2 Å². The summed E-state index contributed by atoms with van der Waals surface area (Å²) in [5, 5.41) is 23.4. The predicted molar refractivity (Wildman–Crippen MR) is 297 cm³/mol. The topological polar surface area (TPSA) is 95.9 Å². The standard InChI is InChI=1S/C62H121NO5/c1-3-5-7-9-11-13-15-17-18-19-20-21-22-23-24-25-27-31-34-38-42-46-50-54-60(65)59(58-64)63-61(66)55-51-47-43-39-35-32-28-26-29-33-37-41-45-49-53-57-68-62(67)56-52-48-44-40-36-30-16-14-12-10-8-6-4-2/h14,16,59-60,64-65H,3-13,15,17-58H2,1-2H3,(H,63,66)/b16-14-. The van der Waals surface area contributed by atoms with Gasteiger partial charge in [-0.2, -0.15) is 0 Å². The molecule has 0 aliphatic rings. The molecule has 0 aromatic carbocycles. The van der Waals surface area contributed by atoms with Gasteiger partial charge in [0, 0.05) is 12.8 Å². The molecule has 0 saturated carbocycles. The Morgan fingerprint density at radius 2 is 0.691 bits per heavy atom. The minimum absolute atomic E-state index is 0.00742. The van der Waals surface area contributed by atoms with Crippen LogP contribution in [0.25, 0.3) is 0 Å². The van der Waals surface area contributed by atoms with Crippen molar-refractivity contribution in [1.29, 1.82) is 0 Å². The Labute approximate surface area is 425 Å². The number of amides is 1. The van der Waals surface area contributed by atoms with Crippen LogP contribution >= 0.6 is 0 Å². The van der Waals surface area contributed by atoms with Crippen LogP contribution in [0, 0.1) is 0 Å². The molecule has 1 amide bonds. The van der Waals surface area contributed by atoms with E-state index < -0.39 is 12.1 Å². The van der Waals surface area contributed by atoms with Gasteiger partial charge < -0.3 is 20.3 Å². The lowest BCUT2D eigenvalue weighted by Crippen LogP contribution is -2.45. The first-order valence-electron chi connectivity index (χ1n) is 30.9. The molecule has 2 unspecified atom stereocenters. The Morgan fingerprint density at radius 1 is 0.397 bits per heavy atom. The first-order chi connectivity index (χ1) is 33.5. The van der Waals surface area contributed by atoms with Gasteiger partial charge in [-0.15, -0.1) is 0 Å². The molecule has 0 aliphatic carbocycles. The zero-order valence-corrected chi connectivity index (χ0v) is 46.1. The fourth-order valence-electron chi connectivity index (χ4n) is 9.81. The number of aliphatic hydroxyl groups excluding tert-OH is 2. The van der Waals surface area contributed by atoms with Gasteiger partial charge in [0.25, 0.3) is 0 Å². The highest BCUT2D eigenvalue weighted by atomic mass is 16.5. The van der Waals surface area contributed by atoms with E-state index in [9.17, 15) is 19.8 Å². The third-order valence-corrected chi connectivity index (χ3v) is 14.6. The smallest absolute Gasteiger partial charge is 0.305 e. The predicted octanol–water partition coefficient (Wildman–Crippen LogP) is 19.2. The van der Waals surface area contributed by atoms with E-state index in [1.807, 2.05) is 0 Å². The number of hydrogen-bond acceptors (Lipinski definition) is 5. The fourth-order valence-corrected chi connectivity index (χ4v) is 9.81. The number of ether oxygens (including phenoxy) is 1. The summed E-state index contributed by atoms with van der Waals surface area (Å²) in [4.78, 5) is 24.6. The SMILES string of the molecule is CCCCCC/C=C\CCCCCCCC(=O)OCCCCCCCCCCCCCCCCCC(=O)NC(CO)C(O)CCCCCCCCCCCCCCCCCCCCCCCCC. The zero-order chi connectivity index (χ0) is 49.3. The third-order valence-electron chi connectivity index (χ3n) is 14.6. The Hall–Kier alpha value is -1.40. The van der Waals surface area contributed by atoms with Crippen LogP contribution in [0.3, 0.4) is 0 Å². The molecule has 68 heavy (non-hydrogen) atoms. The Kier molecular flexibility index (Phi) is 57.0. The fraction of sp³-hybridized carbons (Fsp3) is 0.935. The van der Waals surface area contributed by atoms with Gasteiger partial charge in [0.05, 0.1) is 25.4 Å². The summed E-state index contributed by atoms with van der Waals surface area (Å²) in [5.41, 5.74) is 0. The summed E-state index contributed by atoms with van der Waals surface area (Å²) in [6.07, 6.45) is 69.3. The largest absolute Gasteiger partial charge is 0.466 e. The van der Waals surface area contributed by atoms with E-state index in [2.05, 4.69) is 31.3 Å². The first-order valence-corrected chi connectivity index (χ1v) is 30.9. The van der Waals surface area contributed by atoms with Gasteiger partial charge in [-0.25, -0.2) is 0 Å². The first kappa shape index (κ1) is 66.6. The van der Waals surface area contributed by atoms with Crippen molar-refractivity contribution in [2.24, 2.45) is 0 Å². The average Bonchev–Trinajstić information content (AvgIpc) is 3.34. The van der Waals surface area contributed by atoms with Crippen molar-refractivity contribution in [2.75, 3.05) is 13.2 Å². The van der Waals surface area contributed by atoms with E-state index in [1.165, 1.54) is 263 Å². The van der Waals surface area contributed by atoms with E-state index in [0.717, 1.165) is 51.4 Å². The molecule has 0 radical (unpaired) electrons. The van der Waals surface area contributed by atoms with E-state index in [1.54, 1.807) is 0 Å². The van der Waals surface area contributed by atoms with Crippen LogP contribution in [0.2, 0.25) is 0 Å². The molecule has 0 rings (SSSR count). The van der Waals surface area contributed by atoms with Crippen molar-refractivity contribution < 1.29 is 24.5 Å². The molecular formula is C62H121NO5. The summed E-state index contributed by atoms with van der Waals surface area (Å²) >= 11 is 0. The molecule has 0 saturated heterocycles. The maximum absolute atomic E-state index is 12.5. The van der Waals surface area contributed by atoms with Crippen molar-refractivity contribution in [3.05, 3.63) is 12.2 Å². The van der Waals surface area contributed by atoms with E-state index in [-0.39, 0.29) is 18.5 Å². The summed E-state index contributed by atoms with van der Waals surface area (Å²) in [7, 11) is 0. The normalized spacial score (nSPS) is 12.6. The molecule has 0 aliphatic heterocycles. The molecule has 3 N–H and O–H groups in total. The second kappa shape index (κ2) is 58.2. The summed E-state index contributed by atoms with van der Waals surface area (Å²) in [5.74, 6) is -0.0470. The zero-order valence-electron chi connectivity index (χ0n) is 46.1. The molecular weight excluding hydrogens is 839 g/mol. The van der Waals surface area contributed by atoms with Crippen molar-refractivity contribution >= 4 is 11.9 Å². The minimum Gasteiger partial charge on any atom is -0.466 e. The van der Waals surface area contributed by atoms with Gasteiger partial charge in [0.2, 0.25) is 5.91 Å². The van der Waals surface area contributed by atoms with Gasteiger partial charge in [-0.3, -0.25) is 9.59 Å². The number of carbonyl (C=O) groups excluding carboxylic acids is 2. The molecule has 6 heteroatoms. The number of rotatable bonds is 58. The van der Waals surface area contributed by atoms with Gasteiger partial charge in [0.1, 0.15) is 0 Å². The second-order valence-corrected chi connectivity index (χ2v) is 21.4. The van der Waals surface area contributed by atoms with Crippen molar-refractivity contribution in [1.82, 2.24) is 5.32 Å². The Balaban J connectivity index is 3.43. The molecule has 6 nitrogen and oxygen atoms in total. The summed E-state index contributed by atoms with van der Waals surface area (Å²) in [6, 6.07) is -0.549. The van der Waals surface area contributed by atoms with Crippen LogP contribution in [-0.2, 0) is 14.3 Å². The molecule has 0 bridgehead atoms. The van der Waals surface area contributed by atoms with E-state index in [4.69, 9.17) is 4.74 Å². The maximum atomic E-state index is 12.5. The van der Waals surface area contributed by atoms with Crippen molar-refractivity contribution in [2.45, 2.75) is 360 Å². The lowest BCUT2D eigenvalue weighted by molar-refractivity contribution is -0.143. The van der Waals surface area contributed by atoms with Gasteiger partial charge in [0.15, 0.2) is 0 Å². The summed E-state index contributed by atoms with van der Waals surface area (Å²) < 4.78 is 5.47. The number of esters is 1. The number of aliphatic hydroxyl groups is 2. The van der Waals surface area contributed by atoms with Crippen molar-refractivity contribution in [3.63, 3.8) is 0 Å². The minimum atomic E-state index is -0.671. The summed E-state index contributed by atoms with van der Waals surface area (Å²) in [6.45, 7) is 4.95. The molecule has 2 atom stereocenters. The van der Waals surface area contributed by atoms with Crippen LogP contribution in [0.5, 0.6) is 0 Å². The number of hydrogen-bond donors (Lipinski definition) is 3. The maximum Gasteiger partial charge on any atom is 0.305 e. The molecule has 0 aromatic heterocycles. The van der Waals surface area contributed by atoms with Crippen molar-refractivity contribution in [3.8, 4) is 0 Å². The number of allylic oxidation sites excluding steroid dienone is 2. The van der Waals surface area contributed by atoms with Crippen LogP contribution < -0.4 is 5.32 Å². The monoisotopic (exact) mass is 960 g/mol. The van der Waals surface area contributed by atoms with E-state index >= 15 is 0 Å². The number of nitrogens with one attached hydrogen (secondary N) is 1. The van der Waals surface area contributed by atoms with Crippen LogP contribution in [-0.4, -0.2) is 47.4 Å². The third kappa shape index (κ3) is 53.9. The Bertz CT molecular complexity index is 1020. The number of unbranched alkanes of at least 4 members (excludes halogenated alkanes) is 45. The Morgan fingerprint density at radius 3 is 1.06 bits per heavy atom. The average molecular weight is 961 g/mol. The highest BCUT2D eigenvalue weighted by Crippen LogP contribution is 2.18. The van der Waals surface area contributed by atoms with Gasteiger partial charge >= 0.3 is 5.97 Å². The number of carbonyl (C=O) groups is 2. The highest BCUT2D eigenvalue weighted by molar-refractivity contribution is 5.76. The van der Waals surface area contributed by atoms with Gasteiger partial charge in [-0.1, -0.05) is 296 Å².